The zero-order chi connectivity index (χ0) is 21.1. The third-order valence-corrected chi connectivity index (χ3v) is 5.87. The van der Waals surface area contributed by atoms with Crippen LogP contribution in [-0.4, -0.2) is 55.8 Å². The van der Waals surface area contributed by atoms with Crippen molar-refractivity contribution in [2.75, 3.05) is 20.3 Å². The number of H-pyrrole nitrogens is 1. The van der Waals surface area contributed by atoms with Crippen molar-refractivity contribution in [3.63, 3.8) is 0 Å². The third-order valence-electron chi connectivity index (χ3n) is 5.87. The molecule has 4 heterocycles. The number of methoxy groups -OCH3 is 1. The second kappa shape index (κ2) is 8.95. The van der Waals surface area contributed by atoms with Crippen molar-refractivity contribution in [2.24, 2.45) is 0 Å². The number of fused-ring (bicyclic) bond motifs is 2. The molecule has 30 heavy (non-hydrogen) atoms. The fraction of sp³-hybridized carbons (Fsp3) is 0.545. The van der Waals surface area contributed by atoms with Crippen LogP contribution in [0.15, 0.2) is 18.3 Å². The number of nitrogens with zero attached hydrogens (tertiary/aromatic N) is 5. The molecule has 1 N–H and O–H groups in total. The molecule has 0 radical (unpaired) electrons. The van der Waals surface area contributed by atoms with Crippen LogP contribution in [0.3, 0.4) is 0 Å². The van der Waals surface area contributed by atoms with Gasteiger partial charge in [0, 0.05) is 56.9 Å². The van der Waals surface area contributed by atoms with Gasteiger partial charge in [0.1, 0.15) is 11.3 Å². The number of carbonyl (C=O) groups is 1. The Morgan fingerprint density at radius 3 is 3.07 bits per heavy atom. The van der Waals surface area contributed by atoms with Crippen LogP contribution in [0.5, 0.6) is 0 Å². The Bertz CT molecular complexity index is 1010. The van der Waals surface area contributed by atoms with Gasteiger partial charge in [-0.15, -0.1) is 0 Å². The molecule has 8 heteroatoms. The maximum absolute atomic E-state index is 12.8. The molecule has 1 aliphatic rings. The lowest BCUT2D eigenvalue weighted by molar-refractivity contribution is -0.132. The highest BCUT2D eigenvalue weighted by atomic mass is 16.5. The molecule has 0 spiro atoms. The van der Waals surface area contributed by atoms with Gasteiger partial charge in [-0.3, -0.25) is 9.89 Å². The van der Waals surface area contributed by atoms with Gasteiger partial charge in [-0.05, 0) is 31.9 Å². The molecule has 3 aromatic heterocycles. The topological polar surface area (TPSA) is 88.9 Å². The zero-order valence-electron chi connectivity index (χ0n) is 18.0. The predicted octanol–water partition coefficient (Wildman–Crippen LogP) is 2.83. The van der Waals surface area contributed by atoms with Gasteiger partial charge in [0.15, 0.2) is 5.65 Å². The van der Waals surface area contributed by atoms with Gasteiger partial charge in [0.2, 0.25) is 5.91 Å². The zero-order valence-corrected chi connectivity index (χ0v) is 18.0. The molecule has 0 aromatic carbocycles. The fourth-order valence-electron chi connectivity index (χ4n) is 4.35. The first kappa shape index (κ1) is 20.5. The quantitative estimate of drug-likeness (QED) is 0.617. The van der Waals surface area contributed by atoms with Crippen molar-refractivity contribution < 1.29 is 9.53 Å². The minimum Gasteiger partial charge on any atom is -0.383 e. The van der Waals surface area contributed by atoms with Gasteiger partial charge in [-0.25, -0.2) is 9.97 Å². The standard InChI is InChI=1S/C22H30N6O2/c1-4-17-16-13-27(12-10-18(16)26-25-17)21(29)9-5-8-20-24-19-7-6-11-23-22(19)28(20)15(2)14-30-3/h6-7,11,15H,4-5,8-10,12-14H2,1-3H3,(H,25,26)/t15-/m0/s1. The summed E-state index contributed by atoms with van der Waals surface area (Å²) in [5, 5.41) is 7.51. The van der Waals surface area contributed by atoms with Gasteiger partial charge >= 0.3 is 0 Å². The summed E-state index contributed by atoms with van der Waals surface area (Å²) in [7, 11) is 1.70. The largest absolute Gasteiger partial charge is 0.383 e. The highest BCUT2D eigenvalue weighted by Crippen LogP contribution is 2.23. The Morgan fingerprint density at radius 2 is 2.27 bits per heavy atom. The third kappa shape index (κ3) is 3.96. The number of pyridine rings is 1. The highest BCUT2D eigenvalue weighted by molar-refractivity contribution is 5.76. The number of amides is 1. The number of aromatic nitrogens is 5. The molecule has 4 rings (SSSR count). The lowest BCUT2D eigenvalue weighted by Crippen LogP contribution is -2.36. The Balaban J connectivity index is 1.41. The second-order valence-electron chi connectivity index (χ2n) is 7.95. The van der Waals surface area contributed by atoms with E-state index in [0.29, 0.717) is 19.6 Å². The Kier molecular flexibility index (Phi) is 6.13. The minimum absolute atomic E-state index is 0.134. The molecular weight excluding hydrogens is 380 g/mol. The van der Waals surface area contributed by atoms with E-state index >= 15 is 0 Å². The van der Waals surface area contributed by atoms with E-state index in [1.54, 1.807) is 13.3 Å². The van der Waals surface area contributed by atoms with Crippen LogP contribution in [0.25, 0.3) is 11.2 Å². The summed E-state index contributed by atoms with van der Waals surface area (Å²) in [6.45, 7) is 6.22. The maximum atomic E-state index is 12.8. The molecule has 0 bridgehead atoms. The molecule has 0 aliphatic carbocycles. The van der Waals surface area contributed by atoms with Crippen LogP contribution in [0.1, 0.15) is 55.5 Å². The Labute approximate surface area is 176 Å². The lowest BCUT2D eigenvalue weighted by Gasteiger charge is -2.27. The van der Waals surface area contributed by atoms with E-state index in [0.717, 1.165) is 54.9 Å². The molecule has 1 amide bonds. The molecule has 3 aromatic rings. The number of aromatic amines is 1. The number of hydrogen-bond acceptors (Lipinski definition) is 5. The summed E-state index contributed by atoms with van der Waals surface area (Å²) in [5.41, 5.74) is 5.23. The molecule has 1 aliphatic heterocycles. The van der Waals surface area contributed by atoms with Gasteiger partial charge in [-0.1, -0.05) is 6.92 Å². The van der Waals surface area contributed by atoms with Gasteiger partial charge in [0.05, 0.1) is 18.3 Å². The maximum Gasteiger partial charge on any atom is 0.222 e. The van der Waals surface area contributed by atoms with E-state index in [9.17, 15) is 4.79 Å². The summed E-state index contributed by atoms with van der Waals surface area (Å²) in [6.07, 6.45) is 5.54. The average molecular weight is 411 g/mol. The summed E-state index contributed by atoms with van der Waals surface area (Å²) < 4.78 is 7.50. The molecule has 0 fully saturated rings. The van der Waals surface area contributed by atoms with Gasteiger partial charge in [-0.2, -0.15) is 5.10 Å². The normalized spacial score (nSPS) is 14.8. The van der Waals surface area contributed by atoms with Crippen LogP contribution < -0.4 is 0 Å². The Morgan fingerprint density at radius 1 is 1.40 bits per heavy atom. The fourth-order valence-corrected chi connectivity index (χ4v) is 4.35. The SMILES string of the molecule is CCc1n[nH]c2c1CN(C(=O)CCCc1nc3cccnc3n1[C@@H](C)COC)CC2. The lowest BCUT2D eigenvalue weighted by atomic mass is 10.0. The van der Waals surface area contributed by atoms with Crippen molar-refractivity contribution in [3.05, 3.63) is 41.1 Å². The van der Waals surface area contributed by atoms with Crippen molar-refractivity contribution in [2.45, 2.75) is 58.5 Å². The van der Waals surface area contributed by atoms with Crippen LogP contribution in [0, 0.1) is 0 Å². The molecule has 1 atom stereocenters. The van der Waals surface area contributed by atoms with E-state index in [1.165, 1.54) is 11.3 Å². The predicted molar refractivity (Wildman–Crippen MR) is 114 cm³/mol. The van der Waals surface area contributed by atoms with Crippen LogP contribution >= 0.6 is 0 Å². The van der Waals surface area contributed by atoms with Crippen LogP contribution in [0.4, 0.5) is 0 Å². The van der Waals surface area contributed by atoms with E-state index < -0.39 is 0 Å². The van der Waals surface area contributed by atoms with Crippen molar-refractivity contribution >= 4 is 17.1 Å². The van der Waals surface area contributed by atoms with E-state index in [-0.39, 0.29) is 11.9 Å². The Hall–Kier alpha value is -2.74. The van der Waals surface area contributed by atoms with Crippen LogP contribution in [0.2, 0.25) is 0 Å². The number of imidazole rings is 1. The number of ether oxygens (including phenoxy) is 1. The van der Waals surface area contributed by atoms with E-state index in [4.69, 9.17) is 9.72 Å². The highest BCUT2D eigenvalue weighted by Gasteiger charge is 2.24. The van der Waals surface area contributed by atoms with Crippen molar-refractivity contribution in [3.8, 4) is 0 Å². The van der Waals surface area contributed by atoms with Crippen molar-refractivity contribution in [1.29, 1.82) is 0 Å². The molecule has 0 saturated heterocycles. The smallest absolute Gasteiger partial charge is 0.222 e. The first-order valence-electron chi connectivity index (χ1n) is 10.8. The summed E-state index contributed by atoms with van der Waals surface area (Å²) in [4.78, 5) is 24.1. The van der Waals surface area contributed by atoms with Crippen molar-refractivity contribution in [1.82, 2.24) is 29.6 Å². The molecule has 0 unspecified atom stereocenters. The number of rotatable bonds is 8. The molecule has 8 nitrogen and oxygen atoms in total. The van der Waals surface area contributed by atoms with E-state index in [1.807, 2.05) is 17.0 Å². The second-order valence-corrected chi connectivity index (χ2v) is 7.95. The summed E-state index contributed by atoms with van der Waals surface area (Å²) >= 11 is 0. The number of carbonyl (C=O) groups excluding carboxylic acids is 1. The van der Waals surface area contributed by atoms with Crippen LogP contribution in [-0.2, 0) is 35.3 Å². The molecule has 160 valence electrons. The monoisotopic (exact) mass is 410 g/mol. The van der Waals surface area contributed by atoms with Gasteiger partial charge in [0.25, 0.3) is 0 Å². The van der Waals surface area contributed by atoms with Gasteiger partial charge < -0.3 is 14.2 Å². The average Bonchev–Trinajstić information content (AvgIpc) is 3.34. The summed E-state index contributed by atoms with van der Waals surface area (Å²) in [5.74, 6) is 1.17. The molecule has 0 saturated carbocycles. The first-order chi connectivity index (χ1) is 14.6. The van der Waals surface area contributed by atoms with E-state index in [2.05, 4.69) is 33.6 Å². The summed E-state index contributed by atoms with van der Waals surface area (Å²) in [6, 6.07) is 4.02. The number of hydrogen-bond donors (Lipinski definition) is 1. The molecular formula is C22H30N6O2. The number of aryl methyl sites for hydroxylation is 2. The number of nitrogens with one attached hydrogen (secondary N) is 1. The minimum atomic E-state index is 0.134. The first-order valence-corrected chi connectivity index (χ1v) is 10.8.